The maximum Gasteiger partial charge on any atom is 0.303 e. The molecule has 5 heterocycles. The number of carboxylic acid groups (broad SMARTS) is 1. The van der Waals surface area contributed by atoms with E-state index >= 15 is 0 Å². The number of nitrogens with one attached hydrogen (secondary N) is 3. The van der Waals surface area contributed by atoms with Crippen molar-refractivity contribution in [2.24, 2.45) is 0 Å². The summed E-state index contributed by atoms with van der Waals surface area (Å²) in [5.74, 6) is -0.839. The van der Waals surface area contributed by atoms with Gasteiger partial charge in [-0.15, -0.1) is 0 Å². The number of allylic oxidation sites excluding steroid dienone is 4. The number of H-pyrrole nitrogens is 2. The number of nitrogens with zero attached hydrogens (tertiary/aromatic N) is 3. The van der Waals surface area contributed by atoms with E-state index < -0.39 is 5.97 Å². The van der Waals surface area contributed by atoms with E-state index in [1.54, 1.807) is 0 Å². The van der Waals surface area contributed by atoms with Gasteiger partial charge in [-0.1, -0.05) is 45.6 Å². The summed E-state index contributed by atoms with van der Waals surface area (Å²) in [5, 5.41) is 12.7. The molecule has 0 aromatic carbocycles. The molecule has 0 saturated heterocycles. The van der Waals surface area contributed by atoms with Crippen LogP contribution in [0.5, 0.6) is 0 Å². The molecule has 3 aromatic rings. The summed E-state index contributed by atoms with van der Waals surface area (Å²) in [6.45, 7) is 24.7. The lowest BCUT2D eigenvalue weighted by molar-refractivity contribution is -0.136. The number of carbonyl (C=O) groups excluding carboxylic acids is 1. The first-order chi connectivity index (χ1) is 25.0. The smallest absolute Gasteiger partial charge is 0.303 e. The van der Waals surface area contributed by atoms with Crippen LogP contribution in [0.1, 0.15) is 118 Å². The quantitative estimate of drug-likeness (QED) is 0.110. The molecule has 4 N–H and O–H groups in total. The number of aromatic amines is 2. The molecule has 0 spiro atoms. The molecule has 0 fully saturated rings. The number of unbranched alkanes of at least 4 members (excludes halogenated alkanes) is 2. The van der Waals surface area contributed by atoms with E-state index in [-0.39, 0.29) is 12.3 Å². The Bertz CT molecular complexity index is 2110. The molecule has 0 radical (unpaired) electrons. The second-order valence-corrected chi connectivity index (χ2v) is 13.8. The first-order valence-electron chi connectivity index (χ1n) is 18.6. The highest BCUT2D eigenvalue weighted by Gasteiger charge is 2.23. The van der Waals surface area contributed by atoms with E-state index in [9.17, 15) is 14.7 Å². The molecule has 0 unspecified atom stereocenters. The molecule has 52 heavy (non-hydrogen) atoms. The Morgan fingerprint density at radius 3 is 1.79 bits per heavy atom. The van der Waals surface area contributed by atoms with E-state index in [4.69, 9.17) is 9.97 Å². The molecule has 9 nitrogen and oxygen atoms in total. The molecule has 0 atom stereocenters. The molecule has 0 saturated carbocycles. The third-order valence-electron chi connectivity index (χ3n) is 10.6. The van der Waals surface area contributed by atoms with E-state index in [1.807, 2.05) is 31.2 Å². The normalized spacial score (nSPS) is 12.9. The largest absolute Gasteiger partial charge is 0.481 e. The van der Waals surface area contributed by atoms with Crippen molar-refractivity contribution in [1.82, 2.24) is 30.2 Å². The van der Waals surface area contributed by atoms with Crippen LogP contribution in [0.3, 0.4) is 0 Å². The summed E-state index contributed by atoms with van der Waals surface area (Å²) in [4.78, 5) is 44.6. The number of hydrogen-bond acceptors (Lipinski definition) is 5. The van der Waals surface area contributed by atoms with Crippen LogP contribution in [0.15, 0.2) is 37.4 Å². The minimum Gasteiger partial charge on any atom is -0.481 e. The number of carboxylic acids is 1. The Kier molecular flexibility index (Phi) is 12.5. The Balaban J connectivity index is 1.58. The Hall–Kier alpha value is -5.02. The van der Waals surface area contributed by atoms with Crippen molar-refractivity contribution >= 4 is 68.4 Å². The number of carbonyl (C=O) groups is 2. The summed E-state index contributed by atoms with van der Waals surface area (Å²) >= 11 is 0. The van der Waals surface area contributed by atoms with E-state index in [2.05, 4.69) is 80.1 Å². The topological polar surface area (TPSA) is 127 Å². The fourth-order valence-electron chi connectivity index (χ4n) is 7.27. The highest BCUT2D eigenvalue weighted by molar-refractivity contribution is 5.97. The van der Waals surface area contributed by atoms with Gasteiger partial charge in [0.2, 0.25) is 5.91 Å². The molecule has 274 valence electrons. The maximum atomic E-state index is 13.1. The summed E-state index contributed by atoms with van der Waals surface area (Å²) in [6, 6.07) is 8.15. The zero-order valence-electron chi connectivity index (χ0n) is 31.8. The van der Waals surface area contributed by atoms with Gasteiger partial charge in [-0.05, 0) is 131 Å². The number of amides is 1. The Morgan fingerprint density at radius 2 is 1.25 bits per heavy atom. The number of aryl methyl sites for hydroxylation is 2. The Labute approximate surface area is 307 Å². The van der Waals surface area contributed by atoms with Gasteiger partial charge in [-0.3, -0.25) is 9.59 Å². The minimum atomic E-state index is -0.861. The molecule has 2 aliphatic heterocycles. The minimum absolute atomic E-state index is 0.0122. The van der Waals surface area contributed by atoms with Crippen LogP contribution >= 0.6 is 0 Å². The lowest BCUT2D eigenvalue weighted by atomic mass is 9.98. The van der Waals surface area contributed by atoms with Crippen LogP contribution in [0.25, 0.3) is 56.5 Å². The molecular formula is C43H54N6O3. The van der Waals surface area contributed by atoms with Crippen molar-refractivity contribution in [3.63, 3.8) is 0 Å². The fraction of sp³-hybridized carbons (Fsp3) is 0.395. The van der Waals surface area contributed by atoms with Crippen LogP contribution in [-0.4, -0.2) is 68.0 Å². The van der Waals surface area contributed by atoms with Gasteiger partial charge in [-0.2, -0.15) is 0 Å². The second-order valence-electron chi connectivity index (χ2n) is 13.8. The van der Waals surface area contributed by atoms with Crippen LogP contribution in [-0.2, 0) is 9.59 Å². The lowest BCUT2D eigenvalue weighted by Crippen LogP contribution is -2.25. The first-order valence-corrected chi connectivity index (χ1v) is 18.6. The molecular weight excluding hydrogens is 649 g/mol. The zero-order valence-corrected chi connectivity index (χ0v) is 31.8. The molecule has 1 amide bonds. The van der Waals surface area contributed by atoms with Gasteiger partial charge in [0.1, 0.15) is 0 Å². The van der Waals surface area contributed by atoms with Crippen molar-refractivity contribution < 1.29 is 14.7 Å². The predicted molar refractivity (Wildman–Crippen MR) is 216 cm³/mol. The van der Waals surface area contributed by atoms with Gasteiger partial charge >= 0.3 is 5.97 Å². The number of fused-ring (bicyclic) bond motifs is 8. The van der Waals surface area contributed by atoms with E-state index in [1.165, 1.54) is 0 Å². The summed E-state index contributed by atoms with van der Waals surface area (Å²) in [6.07, 6.45) is 8.08. The highest BCUT2D eigenvalue weighted by Crippen LogP contribution is 2.38. The summed E-state index contributed by atoms with van der Waals surface area (Å²) in [5.41, 5.74) is 14.6. The van der Waals surface area contributed by atoms with Crippen LogP contribution in [0.2, 0.25) is 0 Å². The molecule has 3 aromatic heterocycles. The average Bonchev–Trinajstić information content (AvgIpc) is 3.78. The standard InChI is InChI=1S/C43H54N6O3/c1-9-30-26(5)34-22-35-29(8)33(17-19-43(51)52)41(47-35)25-40-32(16-18-42(50)44-20-14-13-15-21-49(11-3)12-4)28(7)37(48-40)24-39-31(10-2)27(6)36(46-39)23-38(30)45-34/h9-10,22-25,45-46H,1-2,11-21H2,3-8H3,(H,44,50)(H,51,52). The number of rotatable bonds is 16. The maximum absolute atomic E-state index is 13.1. The van der Waals surface area contributed by atoms with Crippen LogP contribution in [0.4, 0.5) is 0 Å². The molecule has 5 rings (SSSR count). The van der Waals surface area contributed by atoms with Gasteiger partial charge in [0, 0.05) is 52.6 Å². The van der Waals surface area contributed by atoms with Crippen LogP contribution in [0, 0.1) is 13.8 Å². The highest BCUT2D eigenvalue weighted by atomic mass is 16.4. The average molecular weight is 703 g/mol. The van der Waals surface area contributed by atoms with Gasteiger partial charge < -0.3 is 25.3 Å². The number of hydrogen-bond donors (Lipinski definition) is 4. The molecule has 9 heteroatoms. The van der Waals surface area contributed by atoms with Gasteiger partial charge in [0.15, 0.2) is 0 Å². The fourth-order valence-corrected chi connectivity index (χ4v) is 7.27. The molecule has 2 aliphatic rings. The third-order valence-corrected chi connectivity index (χ3v) is 10.6. The summed E-state index contributed by atoms with van der Waals surface area (Å²) < 4.78 is 0. The van der Waals surface area contributed by atoms with Crippen molar-refractivity contribution in [1.29, 1.82) is 0 Å². The van der Waals surface area contributed by atoms with Gasteiger partial charge in [0.25, 0.3) is 0 Å². The van der Waals surface area contributed by atoms with Crippen LogP contribution < -0.4 is 5.32 Å². The predicted octanol–water partition coefficient (Wildman–Crippen LogP) is 9.35. The second kappa shape index (κ2) is 17.0. The molecule has 8 bridgehead atoms. The molecule has 0 aliphatic carbocycles. The SMILES string of the molecule is C=Cc1c(C)c2cc3[nH]c(cc4nc(cc5nc(cc1[nH]2)C(C)=C5CCC(=O)NCCCCCN(CC)CC)C(CCC(=O)O)=C4C)c(C)c3C=C. The monoisotopic (exact) mass is 702 g/mol. The zero-order chi connectivity index (χ0) is 37.5. The number of aromatic nitrogens is 4. The van der Waals surface area contributed by atoms with Crippen molar-refractivity contribution in [2.75, 3.05) is 26.2 Å². The van der Waals surface area contributed by atoms with Gasteiger partial charge in [-0.25, -0.2) is 9.97 Å². The summed E-state index contributed by atoms with van der Waals surface area (Å²) in [7, 11) is 0. The number of aliphatic carboxylic acids is 1. The van der Waals surface area contributed by atoms with E-state index in [0.717, 1.165) is 123 Å². The first kappa shape index (κ1) is 38.2. The lowest BCUT2D eigenvalue weighted by Gasteiger charge is -2.17. The van der Waals surface area contributed by atoms with Crippen molar-refractivity contribution in [2.45, 2.75) is 86.5 Å². The van der Waals surface area contributed by atoms with Crippen molar-refractivity contribution in [3.05, 3.63) is 82.5 Å². The Morgan fingerprint density at radius 1 is 0.731 bits per heavy atom. The van der Waals surface area contributed by atoms with E-state index in [0.29, 0.717) is 31.5 Å². The van der Waals surface area contributed by atoms with Gasteiger partial charge in [0.05, 0.1) is 22.8 Å². The van der Waals surface area contributed by atoms with Crippen molar-refractivity contribution in [3.8, 4) is 0 Å². The third kappa shape index (κ3) is 8.37.